The van der Waals surface area contributed by atoms with Crippen LogP contribution in [0.2, 0.25) is 0 Å². The van der Waals surface area contributed by atoms with E-state index >= 15 is 0 Å². The normalized spacial score (nSPS) is 10.6. The lowest BCUT2D eigenvalue weighted by Gasteiger charge is -2.06. The van der Waals surface area contributed by atoms with Crippen molar-refractivity contribution in [1.82, 2.24) is 15.4 Å². The molecule has 0 spiro atoms. The zero-order valence-electron chi connectivity index (χ0n) is 15.0. The van der Waals surface area contributed by atoms with Crippen LogP contribution >= 0.6 is 0 Å². The number of aryl methyl sites for hydroxylation is 1. The number of furan rings is 1. The van der Waals surface area contributed by atoms with Crippen molar-refractivity contribution in [3.63, 3.8) is 0 Å². The highest BCUT2D eigenvalue weighted by Gasteiger charge is 2.16. The maximum atomic E-state index is 11.9. The number of carbonyl (C=O) groups is 1. The van der Waals surface area contributed by atoms with Crippen LogP contribution in [0.15, 0.2) is 69.8 Å². The number of benzene rings is 1. The number of hydrogen-bond acceptors (Lipinski definition) is 7. The van der Waals surface area contributed by atoms with Crippen LogP contribution in [0.3, 0.4) is 0 Å². The minimum Gasteiger partial charge on any atom is -0.472 e. The van der Waals surface area contributed by atoms with Gasteiger partial charge in [-0.05, 0) is 25.1 Å². The van der Waals surface area contributed by atoms with Gasteiger partial charge in [0.15, 0.2) is 11.6 Å². The molecule has 0 radical (unpaired) electrons. The molecule has 0 aliphatic heterocycles. The van der Waals surface area contributed by atoms with E-state index in [1.165, 1.54) is 6.26 Å². The Labute approximate surface area is 160 Å². The Bertz CT molecular complexity index is 1060. The van der Waals surface area contributed by atoms with Gasteiger partial charge in [0.25, 0.3) is 5.91 Å². The summed E-state index contributed by atoms with van der Waals surface area (Å²) in [4.78, 5) is 11.9. The maximum Gasteiger partial charge on any atom is 0.292 e. The molecule has 0 aliphatic carbocycles. The van der Waals surface area contributed by atoms with Crippen molar-refractivity contribution in [3.8, 4) is 17.1 Å². The number of nitrogens with one attached hydrogen (secondary N) is 1. The SMILES string of the molecule is Cc1onc(-c2ccccc2)c1COc1ccc(NC(=O)c2ccco2)nn1. The van der Waals surface area contributed by atoms with Crippen LogP contribution in [0.1, 0.15) is 21.9 Å². The fraction of sp³-hybridized carbons (Fsp3) is 0.100. The van der Waals surface area contributed by atoms with Crippen LogP contribution in [0.4, 0.5) is 5.82 Å². The van der Waals surface area contributed by atoms with E-state index in [0.29, 0.717) is 17.5 Å². The van der Waals surface area contributed by atoms with Crippen molar-refractivity contribution >= 4 is 11.7 Å². The summed E-state index contributed by atoms with van der Waals surface area (Å²) in [6.45, 7) is 2.06. The van der Waals surface area contributed by atoms with Gasteiger partial charge < -0.3 is 19.0 Å². The number of ether oxygens (including phenoxy) is 1. The summed E-state index contributed by atoms with van der Waals surface area (Å²) in [6.07, 6.45) is 1.42. The van der Waals surface area contributed by atoms with Crippen molar-refractivity contribution in [2.75, 3.05) is 5.32 Å². The highest BCUT2D eigenvalue weighted by atomic mass is 16.5. The Balaban J connectivity index is 1.42. The second kappa shape index (κ2) is 7.75. The number of nitrogens with zero attached hydrogens (tertiary/aromatic N) is 3. The zero-order chi connectivity index (χ0) is 19.3. The first-order valence-corrected chi connectivity index (χ1v) is 8.52. The molecule has 1 N–H and O–H groups in total. The maximum absolute atomic E-state index is 11.9. The third-order valence-electron chi connectivity index (χ3n) is 4.02. The number of hydrogen-bond donors (Lipinski definition) is 1. The van der Waals surface area contributed by atoms with Crippen LogP contribution in [0, 0.1) is 6.92 Å². The number of rotatable bonds is 6. The lowest BCUT2D eigenvalue weighted by molar-refractivity contribution is 0.0996. The van der Waals surface area contributed by atoms with Gasteiger partial charge in [0.1, 0.15) is 18.1 Å². The standard InChI is InChI=1S/C20H16N4O4/c1-13-15(19(24-28-13)14-6-3-2-4-7-14)12-27-18-10-9-17(22-23-18)21-20(25)16-8-5-11-26-16/h2-11H,12H2,1H3,(H,21,22,25). The molecule has 1 amide bonds. The molecule has 0 saturated carbocycles. The molecule has 140 valence electrons. The quantitative estimate of drug-likeness (QED) is 0.545. The molecule has 0 aliphatic rings. The molecule has 3 heterocycles. The Kier molecular flexibility index (Phi) is 4.83. The summed E-state index contributed by atoms with van der Waals surface area (Å²) in [5.41, 5.74) is 2.51. The summed E-state index contributed by atoms with van der Waals surface area (Å²) in [7, 11) is 0. The number of amides is 1. The minimum absolute atomic E-state index is 0.193. The second-order valence-electron chi connectivity index (χ2n) is 5.91. The first-order chi connectivity index (χ1) is 13.7. The molecular formula is C20H16N4O4. The highest BCUT2D eigenvalue weighted by Crippen LogP contribution is 2.26. The van der Waals surface area contributed by atoms with E-state index in [-0.39, 0.29) is 12.4 Å². The van der Waals surface area contributed by atoms with Crippen molar-refractivity contribution in [2.24, 2.45) is 0 Å². The Morgan fingerprint density at radius 1 is 1.07 bits per heavy atom. The van der Waals surface area contributed by atoms with Gasteiger partial charge in [-0.25, -0.2) is 0 Å². The van der Waals surface area contributed by atoms with Crippen LogP contribution < -0.4 is 10.1 Å². The Hall–Kier alpha value is -3.94. The van der Waals surface area contributed by atoms with E-state index in [1.54, 1.807) is 24.3 Å². The van der Waals surface area contributed by atoms with Gasteiger partial charge in [-0.2, -0.15) is 0 Å². The van der Waals surface area contributed by atoms with E-state index in [2.05, 4.69) is 20.7 Å². The van der Waals surface area contributed by atoms with Crippen LogP contribution in [-0.4, -0.2) is 21.3 Å². The Morgan fingerprint density at radius 3 is 2.64 bits per heavy atom. The lowest BCUT2D eigenvalue weighted by atomic mass is 10.1. The molecule has 3 aromatic heterocycles. The van der Waals surface area contributed by atoms with Gasteiger partial charge in [-0.15, -0.1) is 10.2 Å². The fourth-order valence-electron chi connectivity index (χ4n) is 2.58. The van der Waals surface area contributed by atoms with Crippen LogP contribution in [-0.2, 0) is 6.61 Å². The third-order valence-corrected chi connectivity index (χ3v) is 4.02. The van der Waals surface area contributed by atoms with E-state index in [4.69, 9.17) is 13.7 Å². The number of aromatic nitrogens is 3. The second-order valence-corrected chi connectivity index (χ2v) is 5.91. The smallest absolute Gasteiger partial charge is 0.292 e. The average molecular weight is 376 g/mol. The monoisotopic (exact) mass is 376 g/mol. The van der Waals surface area contributed by atoms with Crippen molar-refractivity contribution in [2.45, 2.75) is 13.5 Å². The predicted molar refractivity (Wildman–Crippen MR) is 99.7 cm³/mol. The molecule has 1 aromatic carbocycles. The fourth-order valence-corrected chi connectivity index (χ4v) is 2.58. The topological polar surface area (TPSA) is 103 Å². The minimum atomic E-state index is -0.402. The molecule has 0 saturated heterocycles. The van der Waals surface area contributed by atoms with Gasteiger partial charge in [-0.3, -0.25) is 4.79 Å². The molecule has 0 unspecified atom stereocenters. The molecule has 8 heteroatoms. The lowest BCUT2D eigenvalue weighted by Crippen LogP contribution is -2.12. The average Bonchev–Trinajstić information content (AvgIpc) is 3.38. The van der Waals surface area contributed by atoms with Gasteiger partial charge in [0, 0.05) is 11.6 Å². The first kappa shape index (κ1) is 17.5. The zero-order valence-corrected chi connectivity index (χ0v) is 15.0. The van der Waals surface area contributed by atoms with Gasteiger partial charge in [0.2, 0.25) is 5.88 Å². The molecule has 8 nitrogen and oxygen atoms in total. The van der Waals surface area contributed by atoms with Crippen LogP contribution in [0.25, 0.3) is 11.3 Å². The van der Waals surface area contributed by atoms with Gasteiger partial charge >= 0.3 is 0 Å². The van der Waals surface area contributed by atoms with E-state index in [9.17, 15) is 4.79 Å². The molecule has 0 atom stereocenters. The summed E-state index contributed by atoms with van der Waals surface area (Å²) in [5, 5.41) is 14.6. The molecule has 0 bridgehead atoms. The summed E-state index contributed by atoms with van der Waals surface area (Å²) in [6, 6.07) is 16.1. The van der Waals surface area contributed by atoms with Crippen LogP contribution in [0.5, 0.6) is 5.88 Å². The van der Waals surface area contributed by atoms with E-state index < -0.39 is 5.91 Å². The first-order valence-electron chi connectivity index (χ1n) is 8.52. The van der Waals surface area contributed by atoms with Crippen molar-refractivity contribution in [3.05, 3.63) is 77.9 Å². The summed E-state index contributed by atoms with van der Waals surface area (Å²) >= 11 is 0. The number of carbonyl (C=O) groups excluding carboxylic acids is 1. The molecular weight excluding hydrogens is 360 g/mol. The molecule has 0 fully saturated rings. The highest BCUT2D eigenvalue weighted by molar-refractivity contribution is 6.01. The van der Waals surface area contributed by atoms with Gasteiger partial charge in [-0.1, -0.05) is 35.5 Å². The Morgan fingerprint density at radius 2 is 1.93 bits per heavy atom. The van der Waals surface area contributed by atoms with Gasteiger partial charge in [0.05, 0.1) is 11.8 Å². The molecule has 28 heavy (non-hydrogen) atoms. The summed E-state index contributed by atoms with van der Waals surface area (Å²) in [5.74, 6) is 1.07. The predicted octanol–water partition coefficient (Wildman–Crippen LogP) is 3.86. The molecule has 4 rings (SSSR count). The largest absolute Gasteiger partial charge is 0.472 e. The molecule has 4 aromatic rings. The van der Waals surface area contributed by atoms with Crippen molar-refractivity contribution in [1.29, 1.82) is 0 Å². The summed E-state index contributed by atoms with van der Waals surface area (Å²) < 4.78 is 16.1. The van der Waals surface area contributed by atoms with Crippen molar-refractivity contribution < 1.29 is 18.5 Å². The van der Waals surface area contributed by atoms with E-state index in [0.717, 1.165) is 16.8 Å². The number of anilines is 1. The van der Waals surface area contributed by atoms with E-state index in [1.807, 2.05) is 37.3 Å². The third kappa shape index (κ3) is 3.75.